The summed E-state index contributed by atoms with van der Waals surface area (Å²) in [5.74, 6) is 1.17. The SMILES string of the molecule is CN1CCCC1CCOc1ccc2c(NC(=O)c3ccc(C(C)(C)C)cc3)n[nH]c2c1. The van der Waals surface area contributed by atoms with E-state index in [1.165, 1.54) is 24.9 Å². The molecular weight excluding hydrogens is 388 g/mol. The second-order valence-electron chi connectivity index (χ2n) is 9.47. The molecule has 2 aromatic carbocycles. The Kier molecular flexibility index (Phi) is 6.01. The van der Waals surface area contributed by atoms with E-state index in [9.17, 15) is 4.79 Å². The summed E-state index contributed by atoms with van der Waals surface area (Å²) in [4.78, 5) is 15.1. The molecule has 3 aromatic rings. The summed E-state index contributed by atoms with van der Waals surface area (Å²) in [6.07, 6.45) is 3.56. The molecule has 6 nitrogen and oxygen atoms in total. The molecule has 0 saturated carbocycles. The molecule has 0 radical (unpaired) electrons. The maximum Gasteiger partial charge on any atom is 0.256 e. The number of anilines is 1. The number of likely N-dealkylation sites (tertiary alicyclic amines) is 1. The Balaban J connectivity index is 1.39. The fraction of sp³-hybridized carbons (Fsp3) is 0.440. The van der Waals surface area contributed by atoms with E-state index < -0.39 is 0 Å². The highest BCUT2D eigenvalue weighted by molar-refractivity contribution is 6.07. The van der Waals surface area contributed by atoms with Crippen molar-refractivity contribution in [2.24, 2.45) is 0 Å². The van der Waals surface area contributed by atoms with Gasteiger partial charge in [0.25, 0.3) is 5.91 Å². The Morgan fingerprint density at radius 2 is 2.00 bits per heavy atom. The van der Waals surface area contributed by atoms with Crippen molar-refractivity contribution in [3.05, 3.63) is 53.6 Å². The molecule has 1 aliphatic heterocycles. The molecule has 1 aliphatic rings. The average molecular weight is 421 g/mol. The number of ether oxygens (including phenoxy) is 1. The summed E-state index contributed by atoms with van der Waals surface area (Å²) < 4.78 is 5.96. The van der Waals surface area contributed by atoms with E-state index in [2.05, 4.69) is 48.2 Å². The topological polar surface area (TPSA) is 70.2 Å². The summed E-state index contributed by atoms with van der Waals surface area (Å²) in [7, 11) is 2.18. The van der Waals surface area contributed by atoms with Crippen LogP contribution in [-0.2, 0) is 5.41 Å². The summed E-state index contributed by atoms with van der Waals surface area (Å²) in [6, 6.07) is 14.2. The molecule has 164 valence electrons. The van der Waals surface area contributed by atoms with Crippen molar-refractivity contribution < 1.29 is 9.53 Å². The van der Waals surface area contributed by atoms with Crippen molar-refractivity contribution in [3.63, 3.8) is 0 Å². The first kappa shape index (κ1) is 21.4. The number of H-pyrrole nitrogens is 1. The van der Waals surface area contributed by atoms with E-state index in [1.54, 1.807) is 0 Å². The Morgan fingerprint density at radius 3 is 2.68 bits per heavy atom. The van der Waals surface area contributed by atoms with E-state index >= 15 is 0 Å². The predicted molar refractivity (Wildman–Crippen MR) is 125 cm³/mol. The number of hydrogen-bond donors (Lipinski definition) is 2. The van der Waals surface area contributed by atoms with E-state index in [0.29, 0.717) is 24.0 Å². The monoisotopic (exact) mass is 420 g/mol. The van der Waals surface area contributed by atoms with Gasteiger partial charge >= 0.3 is 0 Å². The van der Waals surface area contributed by atoms with Gasteiger partial charge in [-0.2, -0.15) is 5.10 Å². The first-order chi connectivity index (χ1) is 14.8. The van der Waals surface area contributed by atoms with Crippen LogP contribution in [0.25, 0.3) is 10.9 Å². The van der Waals surface area contributed by atoms with Gasteiger partial charge in [0.1, 0.15) is 5.75 Å². The van der Waals surface area contributed by atoms with Gasteiger partial charge in [-0.15, -0.1) is 0 Å². The standard InChI is InChI=1S/C25H32N4O2/c1-25(2,3)18-9-7-17(8-10-18)24(30)26-23-21-12-11-20(16-22(21)27-28-23)31-15-13-19-6-5-14-29(19)4/h7-12,16,19H,5-6,13-15H2,1-4H3,(H2,26,27,28,30). The Bertz CT molecular complexity index is 1050. The van der Waals surface area contributed by atoms with E-state index in [0.717, 1.165) is 23.1 Å². The van der Waals surface area contributed by atoms with Crippen molar-refractivity contribution >= 4 is 22.6 Å². The second-order valence-corrected chi connectivity index (χ2v) is 9.47. The van der Waals surface area contributed by atoms with Crippen molar-refractivity contribution in [1.29, 1.82) is 0 Å². The van der Waals surface area contributed by atoms with Crippen LogP contribution < -0.4 is 10.1 Å². The average Bonchev–Trinajstić information content (AvgIpc) is 3.33. The lowest BCUT2D eigenvalue weighted by molar-refractivity contribution is 0.102. The van der Waals surface area contributed by atoms with Gasteiger partial charge in [-0.3, -0.25) is 9.89 Å². The molecule has 1 fully saturated rings. The number of carbonyl (C=O) groups excluding carboxylic acids is 1. The first-order valence-corrected chi connectivity index (χ1v) is 11.0. The molecule has 0 spiro atoms. The predicted octanol–water partition coefficient (Wildman–Crippen LogP) is 4.98. The molecule has 2 heterocycles. The third kappa shape index (κ3) is 4.90. The van der Waals surface area contributed by atoms with Gasteiger partial charge in [0.05, 0.1) is 12.1 Å². The number of aromatic nitrogens is 2. The fourth-order valence-electron chi connectivity index (χ4n) is 4.14. The van der Waals surface area contributed by atoms with Gasteiger partial charge in [0, 0.05) is 23.1 Å². The number of carbonyl (C=O) groups is 1. The lowest BCUT2D eigenvalue weighted by Crippen LogP contribution is -2.26. The second kappa shape index (κ2) is 8.71. The third-order valence-corrected chi connectivity index (χ3v) is 6.17. The van der Waals surface area contributed by atoms with Crippen LogP contribution in [0.4, 0.5) is 5.82 Å². The number of nitrogens with one attached hydrogen (secondary N) is 2. The molecule has 1 aromatic heterocycles. The number of nitrogens with zero attached hydrogens (tertiary/aromatic N) is 2. The molecule has 1 atom stereocenters. The van der Waals surface area contributed by atoms with Crippen molar-refractivity contribution in [1.82, 2.24) is 15.1 Å². The molecule has 1 amide bonds. The number of rotatable bonds is 6. The largest absolute Gasteiger partial charge is 0.493 e. The molecule has 4 rings (SSSR count). The maximum absolute atomic E-state index is 12.7. The van der Waals surface area contributed by atoms with Crippen LogP contribution in [0.2, 0.25) is 0 Å². The van der Waals surface area contributed by atoms with Crippen molar-refractivity contribution in [2.45, 2.75) is 51.5 Å². The summed E-state index contributed by atoms with van der Waals surface area (Å²) in [6.45, 7) is 8.35. The third-order valence-electron chi connectivity index (χ3n) is 6.17. The van der Waals surface area contributed by atoms with E-state index in [-0.39, 0.29) is 11.3 Å². The quantitative estimate of drug-likeness (QED) is 0.590. The molecular formula is C25H32N4O2. The molecule has 0 bridgehead atoms. The van der Waals surface area contributed by atoms with Crippen LogP contribution in [0.15, 0.2) is 42.5 Å². The maximum atomic E-state index is 12.7. The number of benzene rings is 2. The zero-order chi connectivity index (χ0) is 22.0. The summed E-state index contributed by atoms with van der Waals surface area (Å²) in [5, 5.41) is 11.1. The summed E-state index contributed by atoms with van der Waals surface area (Å²) in [5.41, 5.74) is 2.71. The lowest BCUT2D eigenvalue weighted by atomic mass is 9.87. The minimum atomic E-state index is -0.171. The Morgan fingerprint density at radius 1 is 1.23 bits per heavy atom. The lowest BCUT2D eigenvalue weighted by Gasteiger charge is -2.19. The van der Waals surface area contributed by atoms with Gasteiger partial charge in [0.15, 0.2) is 5.82 Å². The van der Waals surface area contributed by atoms with Gasteiger partial charge in [0.2, 0.25) is 0 Å². The zero-order valence-corrected chi connectivity index (χ0v) is 18.9. The van der Waals surface area contributed by atoms with Gasteiger partial charge in [-0.1, -0.05) is 32.9 Å². The van der Waals surface area contributed by atoms with Crippen LogP contribution >= 0.6 is 0 Å². The van der Waals surface area contributed by atoms with Crippen LogP contribution in [0.1, 0.15) is 56.0 Å². The normalized spacial score (nSPS) is 17.2. The van der Waals surface area contributed by atoms with Gasteiger partial charge in [-0.05, 0) is 68.1 Å². The van der Waals surface area contributed by atoms with Crippen LogP contribution in [0.3, 0.4) is 0 Å². The molecule has 2 N–H and O–H groups in total. The number of aromatic amines is 1. The number of amides is 1. The van der Waals surface area contributed by atoms with Crippen LogP contribution in [0, 0.1) is 0 Å². The molecule has 6 heteroatoms. The highest BCUT2D eigenvalue weighted by atomic mass is 16.5. The van der Waals surface area contributed by atoms with Gasteiger partial charge < -0.3 is 15.0 Å². The first-order valence-electron chi connectivity index (χ1n) is 11.0. The smallest absolute Gasteiger partial charge is 0.256 e. The highest BCUT2D eigenvalue weighted by Gasteiger charge is 2.20. The Labute approximate surface area is 184 Å². The zero-order valence-electron chi connectivity index (χ0n) is 18.9. The van der Waals surface area contributed by atoms with E-state index in [4.69, 9.17) is 4.74 Å². The molecule has 1 unspecified atom stereocenters. The van der Waals surface area contributed by atoms with Crippen LogP contribution in [0.5, 0.6) is 5.75 Å². The summed E-state index contributed by atoms with van der Waals surface area (Å²) >= 11 is 0. The molecule has 31 heavy (non-hydrogen) atoms. The van der Waals surface area contributed by atoms with Crippen LogP contribution in [-0.4, -0.2) is 47.2 Å². The van der Waals surface area contributed by atoms with Gasteiger partial charge in [-0.25, -0.2) is 0 Å². The number of fused-ring (bicyclic) bond motifs is 1. The number of hydrogen-bond acceptors (Lipinski definition) is 4. The minimum absolute atomic E-state index is 0.0558. The molecule has 1 saturated heterocycles. The van der Waals surface area contributed by atoms with Crippen molar-refractivity contribution in [3.8, 4) is 5.75 Å². The minimum Gasteiger partial charge on any atom is -0.493 e. The Hall–Kier alpha value is -2.86. The molecule has 0 aliphatic carbocycles. The fourth-order valence-corrected chi connectivity index (χ4v) is 4.14. The van der Waals surface area contributed by atoms with E-state index in [1.807, 2.05) is 42.5 Å². The highest BCUT2D eigenvalue weighted by Crippen LogP contribution is 2.27. The van der Waals surface area contributed by atoms with Crippen molar-refractivity contribution in [2.75, 3.05) is 25.5 Å².